The van der Waals surface area contributed by atoms with Gasteiger partial charge in [0.2, 0.25) is 5.91 Å². The summed E-state index contributed by atoms with van der Waals surface area (Å²) in [6.07, 6.45) is 4.13. The molecule has 0 atom stereocenters. The van der Waals surface area contributed by atoms with Crippen LogP contribution in [0.25, 0.3) is 0 Å². The Morgan fingerprint density at radius 1 is 1.29 bits per heavy atom. The Morgan fingerprint density at radius 2 is 1.95 bits per heavy atom. The van der Waals surface area contributed by atoms with E-state index in [9.17, 15) is 4.79 Å². The molecule has 2 N–H and O–H groups in total. The summed E-state index contributed by atoms with van der Waals surface area (Å²) < 4.78 is 0. The van der Waals surface area contributed by atoms with E-state index < -0.39 is 0 Å². The van der Waals surface area contributed by atoms with E-state index >= 15 is 0 Å². The number of hydrogen-bond donors (Lipinski definition) is 2. The molecule has 1 aliphatic carbocycles. The number of benzene rings is 1. The third-order valence-electron chi connectivity index (χ3n) is 4.61. The van der Waals surface area contributed by atoms with Gasteiger partial charge in [0.15, 0.2) is 0 Å². The first-order valence-corrected chi connectivity index (χ1v) is 7.82. The van der Waals surface area contributed by atoms with E-state index in [1.54, 1.807) is 0 Å². The van der Waals surface area contributed by atoms with Gasteiger partial charge in [-0.05, 0) is 50.4 Å². The van der Waals surface area contributed by atoms with E-state index in [1.165, 1.54) is 5.56 Å². The molecule has 3 nitrogen and oxygen atoms in total. The highest BCUT2D eigenvalue weighted by atomic mass is 35.5. The van der Waals surface area contributed by atoms with Crippen molar-refractivity contribution in [2.45, 2.75) is 31.1 Å². The van der Waals surface area contributed by atoms with Crippen molar-refractivity contribution in [2.75, 3.05) is 19.6 Å². The summed E-state index contributed by atoms with van der Waals surface area (Å²) in [5.74, 6) is 0.392. The highest BCUT2D eigenvalue weighted by molar-refractivity contribution is 6.31. The van der Waals surface area contributed by atoms with Crippen molar-refractivity contribution in [3.8, 4) is 0 Å². The number of halogens is 2. The highest BCUT2D eigenvalue weighted by Gasteiger charge is 2.45. The van der Waals surface area contributed by atoms with Gasteiger partial charge in [-0.1, -0.05) is 29.8 Å². The lowest BCUT2D eigenvalue weighted by molar-refractivity contribution is -0.125. The van der Waals surface area contributed by atoms with Gasteiger partial charge in [-0.15, -0.1) is 12.4 Å². The van der Waals surface area contributed by atoms with E-state index in [1.807, 2.05) is 18.2 Å². The predicted molar refractivity (Wildman–Crippen MR) is 88.2 cm³/mol. The Balaban J connectivity index is 0.00000161. The number of amides is 1. The zero-order valence-corrected chi connectivity index (χ0v) is 13.6. The minimum absolute atomic E-state index is 0. The van der Waals surface area contributed by atoms with Crippen molar-refractivity contribution in [1.29, 1.82) is 0 Å². The molecule has 1 saturated heterocycles. The van der Waals surface area contributed by atoms with Crippen LogP contribution < -0.4 is 10.6 Å². The summed E-state index contributed by atoms with van der Waals surface area (Å²) in [5, 5.41) is 7.27. The van der Waals surface area contributed by atoms with Crippen molar-refractivity contribution in [1.82, 2.24) is 10.6 Å². The van der Waals surface area contributed by atoms with E-state index in [2.05, 4.69) is 16.7 Å². The molecule has 1 aliphatic heterocycles. The molecule has 116 valence electrons. The van der Waals surface area contributed by atoms with E-state index in [4.69, 9.17) is 11.6 Å². The quantitative estimate of drug-likeness (QED) is 0.892. The van der Waals surface area contributed by atoms with Crippen LogP contribution in [0.15, 0.2) is 24.3 Å². The van der Waals surface area contributed by atoms with Gasteiger partial charge in [0.1, 0.15) is 0 Å². The van der Waals surface area contributed by atoms with Crippen molar-refractivity contribution in [2.24, 2.45) is 5.92 Å². The van der Waals surface area contributed by atoms with Crippen LogP contribution in [-0.2, 0) is 10.2 Å². The fourth-order valence-electron chi connectivity index (χ4n) is 3.07. The number of carbonyl (C=O) groups is 1. The molecule has 2 fully saturated rings. The molecule has 1 aromatic carbocycles. The molecule has 21 heavy (non-hydrogen) atoms. The lowest BCUT2D eigenvalue weighted by Gasteiger charge is -2.24. The number of nitrogens with one attached hydrogen (secondary N) is 2. The van der Waals surface area contributed by atoms with Crippen LogP contribution in [0.1, 0.15) is 31.2 Å². The SMILES string of the molecule is Cl.O=C(NCC1(c2ccccc2Cl)CC1)C1CCNCC1. The second-order valence-electron chi connectivity index (χ2n) is 6.00. The van der Waals surface area contributed by atoms with Gasteiger partial charge < -0.3 is 10.6 Å². The smallest absolute Gasteiger partial charge is 0.223 e. The average Bonchev–Trinajstić information content (AvgIpc) is 3.27. The fourth-order valence-corrected chi connectivity index (χ4v) is 3.40. The molecule has 2 aliphatic rings. The van der Waals surface area contributed by atoms with Crippen molar-refractivity contribution < 1.29 is 4.79 Å². The van der Waals surface area contributed by atoms with Crippen LogP contribution in [0.5, 0.6) is 0 Å². The molecule has 3 rings (SSSR count). The minimum Gasteiger partial charge on any atom is -0.355 e. The lowest BCUT2D eigenvalue weighted by Crippen LogP contribution is -2.41. The van der Waals surface area contributed by atoms with Gasteiger partial charge in [-0.3, -0.25) is 4.79 Å². The van der Waals surface area contributed by atoms with Crippen LogP contribution in [0.2, 0.25) is 5.02 Å². The molecular formula is C16H22Cl2N2O. The van der Waals surface area contributed by atoms with Crippen LogP contribution in [0.4, 0.5) is 0 Å². The van der Waals surface area contributed by atoms with E-state index in [-0.39, 0.29) is 29.6 Å². The van der Waals surface area contributed by atoms with Crippen molar-refractivity contribution in [3.63, 3.8) is 0 Å². The molecule has 1 amide bonds. The van der Waals surface area contributed by atoms with Gasteiger partial charge in [0.05, 0.1) is 0 Å². The third kappa shape index (κ3) is 3.71. The predicted octanol–water partition coefficient (Wildman–Crippen LogP) is 2.91. The van der Waals surface area contributed by atoms with Crippen molar-refractivity contribution >= 4 is 29.9 Å². The number of piperidine rings is 1. The standard InChI is InChI=1S/C16H21ClN2O.ClH/c17-14-4-2-1-3-13(14)16(7-8-16)11-19-15(20)12-5-9-18-10-6-12;/h1-4,12,18H,5-11H2,(H,19,20);1H. The molecular weight excluding hydrogens is 307 g/mol. The normalized spacial score (nSPS) is 20.4. The topological polar surface area (TPSA) is 41.1 Å². The Kier molecular flexibility index (Phi) is 5.53. The van der Waals surface area contributed by atoms with Crippen LogP contribution in [0, 0.1) is 5.92 Å². The van der Waals surface area contributed by atoms with Gasteiger partial charge >= 0.3 is 0 Å². The van der Waals surface area contributed by atoms with Gasteiger partial charge in [-0.2, -0.15) is 0 Å². The highest BCUT2D eigenvalue weighted by Crippen LogP contribution is 2.49. The van der Waals surface area contributed by atoms with Gasteiger partial charge in [0, 0.05) is 22.9 Å². The Bertz CT molecular complexity index is 497. The summed E-state index contributed by atoms with van der Waals surface area (Å²) >= 11 is 6.29. The van der Waals surface area contributed by atoms with Gasteiger partial charge in [-0.25, -0.2) is 0 Å². The lowest BCUT2D eigenvalue weighted by atomic mass is 9.94. The molecule has 1 heterocycles. The first-order chi connectivity index (χ1) is 9.71. The summed E-state index contributed by atoms with van der Waals surface area (Å²) in [6, 6.07) is 8.00. The Hall–Kier alpha value is -0.770. The van der Waals surface area contributed by atoms with Crippen LogP contribution in [-0.4, -0.2) is 25.5 Å². The average molecular weight is 329 g/mol. The molecule has 1 aromatic rings. The summed E-state index contributed by atoms with van der Waals surface area (Å²) in [5.41, 5.74) is 1.27. The Morgan fingerprint density at radius 3 is 2.57 bits per heavy atom. The maximum atomic E-state index is 12.2. The summed E-state index contributed by atoms with van der Waals surface area (Å²) in [4.78, 5) is 12.2. The molecule has 5 heteroatoms. The van der Waals surface area contributed by atoms with Crippen molar-refractivity contribution in [3.05, 3.63) is 34.9 Å². The summed E-state index contributed by atoms with van der Waals surface area (Å²) in [7, 11) is 0. The van der Waals surface area contributed by atoms with Crippen LogP contribution >= 0.6 is 24.0 Å². The third-order valence-corrected chi connectivity index (χ3v) is 4.94. The first-order valence-electron chi connectivity index (χ1n) is 7.45. The maximum absolute atomic E-state index is 12.2. The monoisotopic (exact) mass is 328 g/mol. The van der Waals surface area contributed by atoms with E-state index in [0.717, 1.165) is 50.3 Å². The number of carbonyl (C=O) groups excluding carboxylic acids is 1. The minimum atomic E-state index is 0. The molecule has 0 aromatic heterocycles. The first kappa shape index (κ1) is 16.6. The largest absolute Gasteiger partial charge is 0.355 e. The zero-order chi connectivity index (χ0) is 14.0. The fraction of sp³-hybridized carbons (Fsp3) is 0.562. The zero-order valence-electron chi connectivity index (χ0n) is 12.0. The summed E-state index contributed by atoms with van der Waals surface area (Å²) in [6.45, 7) is 2.63. The number of rotatable bonds is 4. The second kappa shape index (κ2) is 6.99. The maximum Gasteiger partial charge on any atom is 0.223 e. The van der Waals surface area contributed by atoms with Crippen LogP contribution in [0.3, 0.4) is 0 Å². The molecule has 0 radical (unpaired) electrons. The second-order valence-corrected chi connectivity index (χ2v) is 6.41. The van der Waals surface area contributed by atoms with E-state index in [0.29, 0.717) is 0 Å². The van der Waals surface area contributed by atoms with Gasteiger partial charge in [0.25, 0.3) is 0 Å². The molecule has 0 unspecified atom stereocenters. The molecule has 0 spiro atoms. The number of hydrogen-bond acceptors (Lipinski definition) is 2. The Labute approximate surface area is 137 Å². The molecule has 0 bridgehead atoms. The molecule has 1 saturated carbocycles.